The van der Waals surface area contributed by atoms with E-state index >= 15 is 0 Å². The molecule has 0 unspecified atom stereocenters. The third kappa shape index (κ3) is 3.07. The minimum Gasteiger partial charge on any atom is -0.466 e. The second kappa shape index (κ2) is 7.06. The fourth-order valence-corrected chi connectivity index (χ4v) is 4.28. The van der Waals surface area contributed by atoms with Crippen molar-refractivity contribution in [3.63, 3.8) is 0 Å². The second-order valence-corrected chi connectivity index (χ2v) is 7.38. The third-order valence-corrected chi connectivity index (χ3v) is 5.94. The van der Waals surface area contributed by atoms with Crippen molar-refractivity contribution in [2.75, 3.05) is 19.7 Å². The maximum atomic E-state index is 12.8. The van der Waals surface area contributed by atoms with Gasteiger partial charge in [0, 0.05) is 27.2 Å². The van der Waals surface area contributed by atoms with E-state index in [4.69, 9.17) is 4.74 Å². The smallest absolute Gasteiger partial charge is 0.331 e. The number of piperidine rings is 1. The number of esters is 1. The lowest BCUT2D eigenvalue weighted by Crippen LogP contribution is -2.40. The molecular formula is C17H21N3O5S. The van der Waals surface area contributed by atoms with Crippen LogP contribution in [0, 0.1) is 5.92 Å². The van der Waals surface area contributed by atoms with Gasteiger partial charge in [-0.3, -0.25) is 23.5 Å². The lowest BCUT2D eigenvalue weighted by atomic mass is 9.97. The normalized spacial score (nSPS) is 15.4. The van der Waals surface area contributed by atoms with Crippen molar-refractivity contribution >= 4 is 33.4 Å². The quantitative estimate of drug-likeness (QED) is 0.733. The predicted molar refractivity (Wildman–Crippen MR) is 97.6 cm³/mol. The molecule has 140 valence electrons. The Kier molecular flexibility index (Phi) is 4.99. The van der Waals surface area contributed by atoms with E-state index in [0.717, 1.165) is 15.9 Å². The van der Waals surface area contributed by atoms with Crippen LogP contribution in [-0.2, 0) is 23.6 Å². The minimum absolute atomic E-state index is 0.172. The lowest BCUT2D eigenvalue weighted by molar-refractivity contribution is -0.149. The minimum atomic E-state index is -0.418. The molecule has 0 saturated carbocycles. The van der Waals surface area contributed by atoms with Crippen LogP contribution in [0.2, 0.25) is 0 Å². The summed E-state index contributed by atoms with van der Waals surface area (Å²) in [7, 11) is 3.00. The van der Waals surface area contributed by atoms with Gasteiger partial charge in [0.25, 0.3) is 11.5 Å². The van der Waals surface area contributed by atoms with Gasteiger partial charge in [0.15, 0.2) is 0 Å². The number of hydrogen-bond acceptors (Lipinski definition) is 6. The van der Waals surface area contributed by atoms with Gasteiger partial charge in [0.2, 0.25) is 0 Å². The van der Waals surface area contributed by atoms with E-state index in [2.05, 4.69) is 0 Å². The van der Waals surface area contributed by atoms with Gasteiger partial charge in [-0.1, -0.05) is 0 Å². The number of nitrogens with zero attached hydrogens (tertiary/aromatic N) is 3. The van der Waals surface area contributed by atoms with Gasteiger partial charge in [0.1, 0.15) is 4.83 Å². The van der Waals surface area contributed by atoms with E-state index in [1.807, 2.05) is 0 Å². The van der Waals surface area contributed by atoms with Crippen molar-refractivity contribution < 1.29 is 14.3 Å². The number of aryl methyl sites for hydroxylation is 1. The number of ether oxygens (including phenoxy) is 1. The van der Waals surface area contributed by atoms with Gasteiger partial charge >= 0.3 is 11.7 Å². The number of aromatic nitrogens is 2. The standard InChI is InChI=1S/C17H21N3O5S/c1-4-25-16(23)10-5-7-20(8-6-10)14(22)12-9-11-13(21)18(2)17(24)19(3)15(11)26-12/h9-10H,4-8H2,1-3H3. The average Bonchev–Trinajstić information content (AvgIpc) is 3.10. The number of likely N-dealkylation sites (tertiary alicyclic amines) is 1. The SMILES string of the molecule is CCOC(=O)C1CCN(C(=O)c2cc3c(=O)n(C)c(=O)n(C)c3s2)CC1. The molecule has 3 heterocycles. The van der Waals surface area contributed by atoms with Gasteiger partial charge in [0.05, 0.1) is 22.8 Å². The van der Waals surface area contributed by atoms with E-state index < -0.39 is 11.2 Å². The summed E-state index contributed by atoms with van der Waals surface area (Å²) in [6.45, 7) is 3.06. The van der Waals surface area contributed by atoms with Gasteiger partial charge < -0.3 is 9.64 Å². The molecule has 2 aromatic rings. The molecule has 0 N–H and O–H groups in total. The molecule has 9 heteroatoms. The Morgan fingerprint density at radius 1 is 1.19 bits per heavy atom. The summed E-state index contributed by atoms with van der Waals surface area (Å²) < 4.78 is 7.46. The zero-order valence-electron chi connectivity index (χ0n) is 15.0. The first-order valence-electron chi connectivity index (χ1n) is 8.50. The maximum Gasteiger partial charge on any atom is 0.331 e. The van der Waals surface area contributed by atoms with Crippen molar-refractivity contribution in [3.8, 4) is 0 Å². The first kappa shape index (κ1) is 18.4. The molecule has 0 aromatic carbocycles. The topological polar surface area (TPSA) is 90.6 Å². The van der Waals surface area contributed by atoms with Crippen LogP contribution in [0.4, 0.5) is 0 Å². The number of thiophene rings is 1. The molecule has 1 aliphatic heterocycles. The fraction of sp³-hybridized carbons (Fsp3) is 0.529. The van der Waals surface area contributed by atoms with E-state index in [-0.39, 0.29) is 17.8 Å². The molecule has 1 saturated heterocycles. The Bertz CT molecular complexity index is 979. The average molecular weight is 379 g/mol. The molecular weight excluding hydrogens is 358 g/mol. The van der Waals surface area contributed by atoms with Crippen LogP contribution in [0.25, 0.3) is 10.2 Å². The van der Waals surface area contributed by atoms with Gasteiger partial charge in [-0.2, -0.15) is 0 Å². The molecule has 8 nitrogen and oxygen atoms in total. The van der Waals surface area contributed by atoms with Crippen molar-refractivity contribution in [2.24, 2.45) is 20.0 Å². The Morgan fingerprint density at radius 3 is 2.46 bits per heavy atom. The zero-order chi connectivity index (χ0) is 19.0. The third-order valence-electron chi connectivity index (χ3n) is 4.74. The molecule has 0 bridgehead atoms. The van der Waals surface area contributed by atoms with E-state index in [9.17, 15) is 19.2 Å². The summed E-state index contributed by atoms with van der Waals surface area (Å²) in [5.41, 5.74) is -0.821. The number of fused-ring (bicyclic) bond motifs is 1. The predicted octanol–water partition coefficient (Wildman–Crippen LogP) is 0.714. The highest BCUT2D eigenvalue weighted by Gasteiger charge is 2.29. The molecule has 1 aliphatic rings. The summed E-state index contributed by atoms with van der Waals surface area (Å²) in [6, 6.07) is 1.56. The molecule has 0 aliphatic carbocycles. The van der Waals surface area contributed by atoms with Crippen LogP contribution >= 0.6 is 11.3 Å². The number of carbonyl (C=O) groups excluding carboxylic acids is 2. The highest BCUT2D eigenvalue weighted by molar-refractivity contribution is 7.20. The van der Waals surface area contributed by atoms with Crippen molar-refractivity contribution in [3.05, 3.63) is 31.8 Å². The van der Waals surface area contributed by atoms with E-state index in [1.54, 1.807) is 24.9 Å². The first-order chi connectivity index (χ1) is 12.3. The van der Waals surface area contributed by atoms with Crippen molar-refractivity contribution in [2.45, 2.75) is 19.8 Å². The molecule has 0 atom stereocenters. The largest absolute Gasteiger partial charge is 0.466 e. The molecule has 0 spiro atoms. The van der Waals surface area contributed by atoms with Crippen molar-refractivity contribution in [1.29, 1.82) is 0 Å². The summed E-state index contributed by atoms with van der Waals surface area (Å²) >= 11 is 1.14. The van der Waals surface area contributed by atoms with Crippen LogP contribution < -0.4 is 11.2 Å². The lowest BCUT2D eigenvalue weighted by Gasteiger charge is -2.30. The Hall–Kier alpha value is -2.42. The number of rotatable bonds is 3. The second-order valence-electron chi connectivity index (χ2n) is 6.35. The number of carbonyl (C=O) groups is 2. The van der Waals surface area contributed by atoms with Crippen LogP contribution in [0.3, 0.4) is 0 Å². The summed E-state index contributed by atoms with van der Waals surface area (Å²) in [5, 5.41) is 0.365. The summed E-state index contributed by atoms with van der Waals surface area (Å²) in [4.78, 5) is 51.5. The Morgan fingerprint density at radius 2 is 1.85 bits per heavy atom. The number of amides is 1. The molecule has 26 heavy (non-hydrogen) atoms. The van der Waals surface area contributed by atoms with Gasteiger partial charge in [-0.05, 0) is 25.8 Å². The van der Waals surface area contributed by atoms with Crippen LogP contribution in [0.5, 0.6) is 0 Å². The Balaban J connectivity index is 1.82. The van der Waals surface area contributed by atoms with E-state index in [1.165, 1.54) is 11.6 Å². The van der Waals surface area contributed by atoms with Crippen LogP contribution in [0.1, 0.15) is 29.4 Å². The molecule has 2 aromatic heterocycles. The molecule has 1 fully saturated rings. The molecule has 0 radical (unpaired) electrons. The van der Waals surface area contributed by atoms with Gasteiger partial charge in [-0.15, -0.1) is 11.3 Å². The summed E-state index contributed by atoms with van der Waals surface area (Å²) in [5.74, 6) is -0.558. The molecule has 1 amide bonds. The Labute approximate surface area is 153 Å². The van der Waals surface area contributed by atoms with Gasteiger partial charge in [-0.25, -0.2) is 4.79 Å². The summed E-state index contributed by atoms with van der Waals surface area (Å²) in [6.07, 6.45) is 1.13. The monoisotopic (exact) mass is 379 g/mol. The number of hydrogen-bond donors (Lipinski definition) is 0. The molecule has 3 rings (SSSR count). The highest BCUT2D eigenvalue weighted by Crippen LogP contribution is 2.26. The van der Waals surface area contributed by atoms with E-state index in [0.29, 0.717) is 47.6 Å². The van der Waals surface area contributed by atoms with Crippen molar-refractivity contribution in [1.82, 2.24) is 14.0 Å². The highest BCUT2D eigenvalue weighted by atomic mass is 32.1. The fourth-order valence-electron chi connectivity index (χ4n) is 3.20. The van der Waals surface area contributed by atoms with Crippen LogP contribution in [0.15, 0.2) is 15.7 Å². The first-order valence-corrected chi connectivity index (χ1v) is 9.32. The maximum absolute atomic E-state index is 12.8. The zero-order valence-corrected chi connectivity index (χ0v) is 15.8. The van der Waals surface area contributed by atoms with Crippen LogP contribution in [-0.4, -0.2) is 45.6 Å².